The number of carbonyl (C=O) groups is 1. The van der Waals surface area contributed by atoms with Crippen LogP contribution in [-0.4, -0.2) is 35.1 Å². The third-order valence-electron chi connectivity index (χ3n) is 3.61. The van der Waals surface area contributed by atoms with E-state index in [4.69, 9.17) is 23.2 Å². The Kier molecular flexibility index (Phi) is 5.08. The van der Waals surface area contributed by atoms with Gasteiger partial charge in [-0.3, -0.25) is 4.79 Å². The van der Waals surface area contributed by atoms with Gasteiger partial charge in [-0.25, -0.2) is 0 Å². The van der Waals surface area contributed by atoms with Crippen LogP contribution in [0.5, 0.6) is 0 Å². The predicted molar refractivity (Wildman–Crippen MR) is 81.9 cm³/mol. The van der Waals surface area contributed by atoms with E-state index in [1.165, 1.54) is 6.08 Å². The van der Waals surface area contributed by atoms with Gasteiger partial charge in [0.05, 0.1) is 16.1 Å². The summed E-state index contributed by atoms with van der Waals surface area (Å²) >= 11 is 12.0. The molecule has 1 aliphatic rings. The molecule has 1 aromatic carbocycles. The highest BCUT2D eigenvalue weighted by Crippen LogP contribution is 2.26. The van der Waals surface area contributed by atoms with Crippen molar-refractivity contribution in [1.82, 2.24) is 4.90 Å². The molecule has 0 saturated carbocycles. The lowest BCUT2D eigenvalue weighted by Crippen LogP contribution is -2.28. The molecule has 0 radical (unpaired) electrons. The van der Waals surface area contributed by atoms with Gasteiger partial charge in [0.1, 0.15) is 0 Å². The molecule has 2 unspecified atom stereocenters. The molecular formula is C15H17Cl2NO2. The third kappa shape index (κ3) is 3.54. The number of likely N-dealkylation sites (tertiary alicyclic amines) is 1. The van der Waals surface area contributed by atoms with E-state index in [0.717, 1.165) is 12.0 Å². The van der Waals surface area contributed by atoms with Crippen molar-refractivity contribution < 1.29 is 9.90 Å². The van der Waals surface area contributed by atoms with E-state index in [0.29, 0.717) is 23.1 Å². The van der Waals surface area contributed by atoms with E-state index < -0.39 is 0 Å². The molecular weight excluding hydrogens is 297 g/mol. The molecule has 1 aromatic rings. The molecule has 0 aliphatic carbocycles. The van der Waals surface area contributed by atoms with Crippen molar-refractivity contribution in [3.05, 3.63) is 39.9 Å². The first-order chi connectivity index (χ1) is 9.49. The molecule has 1 fully saturated rings. The van der Waals surface area contributed by atoms with Gasteiger partial charge in [0, 0.05) is 25.1 Å². The average molecular weight is 314 g/mol. The molecule has 1 saturated heterocycles. The Bertz CT molecular complexity index is 529. The quantitative estimate of drug-likeness (QED) is 0.870. The lowest BCUT2D eigenvalue weighted by atomic mass is 10.0. The standard InChI is InChI=1S/C15H17Cl2NO2/c1-10(19)12-7-8-18(9-12)14(20)6-5-11-3-2-4-13(16)15(11)17/h2-6,10,12,19H,7-9H2,1H3/b6-5+. The van der Waals surface area contributed by atoms with Gasteiger partial charge >= 0.3 is 0 Å². The van der Waals surface area contributed by atoms with E-state index in [1.807, 2.05) is 0 Å². The van der Waals surface area contributed by atoms with E-state index in [-0.39, 0.29) is 17.9 Å². The van der Waals surface area contributed by atoms with E-state index in [2.05, 4.69) is 0 Å². The van der Waals surface area contributed by atoms with Crippen LogP contribution < -0.4 is 0 Å². The molecule has 1 aliphatic heterocycles. The Balaban J connectivity index is 2.01. The summed E-state index contributed by atoms with van der Waals surface area (Å²) < 4.78 is 0. The molecule has 2 atom stereocenters. The van der Waals surface area contributed by atoms with Crippen molar-refractivity contribution in [2.45, 2.75) is 19.4 Å². The highest BCUT2D eigenvalue weighted by molar-refractivity contribution is 6.42. The van der Waals surface area contributed by atoms with Gasteiger partial charge in [-0.2, -0.15) is 0 Å². The second-order valence-corrected chi connectivity index (χ2v) is 5.84. The Labute approximate surface area is 128 Å². The fraction of sp³-hybridized carbons (Fsp3) is 0.400. The minimum Gasteiger partial charge on any atom is -0.393 e. The fourth-order valence-electron chi connectivity index (χ4n) is 2.30. The van der Waals surface area contributed by atoms with Crippen LogP contribution in [0, 0.1) is 5.92 Å². The molecule has 0 spiro atoms. The van der Waals surface area contributed by atoms with E-state index in [1.54, 1.807) is 36.1 Å². The number of aliphatic hydroxyl groups is 1. The molecule has 20 heavy (non-hydrogen) atoms. The first kappa shape index (κ1) is 15.4. The van der Waals surface area contributed by atoms with Crippen molar-refractivity contribution in [3.63, 3.8) is 0 Å². The van der Waals surface area contributed by atoms with Crippen LogP contribution in [0.15, 0.2) is 24.3 Å². The Morgan fingerprint density at radius 3 is 2.90 bits per heavy atom. The first-order valence-electron chi connectivity index (χ1n) is 6.58. The SMILES string of the molecule is CC(O)C1CCN(C(=O)/C=C/c2cccc(Cl)c2Cl)C1. The number of hydrogen-bond donors (Lipinski definition) is 1. The predicted octanol–water partition coefficient (Wildman–Crippen LogP) is 3.24. The minimum atomic E-state index is -0.376. The average Bonchev–Trinajstić information content (AvgIpc) is 2.90. The van der Waals surface area contributed by atoms with Crippen LogP contribution in [0.2, 0.25) is 10.0 Å². The zero-order valence-corrected chi connectivity index (χ0v) is 12.7. The van der Waals surface area contributed by atoms with Crippen LogP contribution in [-0.2, 0) is 4.79 Å². The van der Waals surface area contributed by atoms with Crippen LogP contribution in [0.25, 0.3) is 6.08 Å². The molecule has 5 heteroatoms. The van der Waals surface area contributed by atoms with Crippen LogP contribution in [0.3, 0.4) is 0 Å². The van der Waals surface area contributed by atoms with Crippen molar-refractivity contribution in [2.24, 2.45) is 5.92 Å². The third-order valence-corrected chi connectivity index (χ3v) is 4.44. The maximum absolute atomic E-state index is 12.1. The molecule has 3 nitrogen and oxygen atoms in total. The lowest BCUT2D eigenvalue weighted by Gasteiger charge is -2.15. The van der Waals surface area contributed by atoms with Gasteiger partial charge in [-0.1, -0.05) is 35.3 Å². The van der Waals surface area contributed by atoms with Crippen LogP contribution in [0.1, 0.15) is 18.9 Å². The Morgan fingerprint density at radius 2 is 2.25 bits per heavy atom. The summed E-state index contributed by atoms with van der Waals surface area (Å²) in [5, 5.41) is 10.5. The number of benzene rings is 1. The highest BCUT2D eigenvalue weighted by atomic mass is 35.5. The number of nitrogens with zero attached hydrogens (tertiary/aromatic N) is 1. The van der Waals surface area contributed by atoms with Gasteiger partial charge in [-0.05, 0) is 31.1 Å². The summed E-state index contributed by atoms with van der Waals surface area (Å²) in [6.45, 7) is 3.05. The second kappa shape index (κ2) is 6.61. The normalized spacial score (nSPS) is 20.6. The number of carbonyl (C=O) groups excluding carboxylic acids is 1. The fourth-order valence-corrected chi connectivity index (χ4v) is 2.67. The number of halogens is 2. The second-order valence-electron chi connectivity index (χ2n) is 5.05. The Hall–Kier alpha value is -1.03. The zero-order valence-electron chi connectivity index (χ0n) is 11.2. The summed E-state index contributed by atoms with van der Waals surface area (Å²) in [5.41, 5.74) is 0.721. The summed E-state index contributed by atoms with van der Waals surface area (Å²) in [6, 6.07) is 5.30. The molecule has 0 bridgehead atoms. The molecule has 2 rings (SSSR count). The van der Waals surface area contributed by atoms with Crippen LogP contribution >= 0.6 is 23.2 Å². The van der Waals surface area contributed by atoms with Crippen molar-refractivity contribution >= 4 is 35.2 Å². The van der Waals surface area contributed by atoms with Gasteiger partial charge in [-0.15, -0.1) is 0 Å². The molecule has 1 heterocycles. The summed E-state index contributed by atoms with van der Waals surface area (Å²) in [6.07, 6.45) is 3.64. The highest BCUT2D eigenvalue weighted by Gasteiger charge is 2.27. The molecule has 108 valence electrons. The number of aliphatic hydroxyl groups excluding tert-OH is 1. The first-order valence-corrected chi connectivity index (χ1v) is 7.33. The number of amides is 1. The molecule has 1 N–H and O–H groups in total. The van der Waals surface area contributed by atoms with Crippen molar-refractivity contribution in [2.75, 3.05) is 13.1 Å². The van der Waals surface area contributed by atoms with Crippen molar-refractivity contribution in [1.29, 1.82) is 0 Å². The molecule has 1 amide bonds. The van der Waals surface area contributed by atoms with Gasteiger partial charge in [0.25, 0.3) is 0 Å². The summed E-state index contributed by atoms with van der Waals surface area (Å²) in [4.78, 5) is 13.8. The number of rotatable bonds is 3. The summed E-state index contributed by atoms with van der Waals surface area (Å²) in [7, 11) is 0. The van der Waals surface area contributed by atoms with Crippen LogP contribution in [0.4, 0.5) is 0 Å². The lowest BCUT2D eigenvalue weighted by molar-refractivity contribution is -0.125. The van der Waals surface area contributed by atoms with E-state index in [9.17, 15) is 9.90 Å². The zero-order chi connectivity index (χ0) is 14.7. The van der Waals surface area contributed by atoms with Gasteiger partial charge < -0.3 is 10.0 Å². The Morgan fingerprint density at radius 1 is 1.50 bits per heavy atom. The minimum absolute atomic E-state index is 0.0656. The van der Waals surface area contributed by atoms with Crippen molar-refractivity contribution in [3.8, 4) is 0 Å². The maximum Gasteiger partial charge on any atom is 0.246 e. The summed E-state index contributed by atoms with van der Waals surface area (Å²) in [5.74, 6) is 0.103. The number of hydrogen-bond acceptors (Lipinski definition) is 2. The topological polar surface area (TPSA) is 40.5 Å². The maximum atomic E-state index is 12.1. The largest absolute Gasteiger partial charge is 0.393 e. The smallest absolute Gasteiger partial charge is 0.246 e. The van der Waals surface area contributed by atoms with Gasteiger partial charge in [0.2, 0.25) is 5.91 Å². The molecule has 0 aromatic heterocycles. The van der Waals surface area contributed by atoms with E-state index >= 15 is 0 Å². The monoisotopic (exact) mass is 313 g/mol. The van der Waals surface area contributed by atoms with Gasteiger partial charge in [0.15, 0.2) is 0 Å².